The minimum Gasteiger partial charge on any atom is -0.355 e. The Morgan fingerprint density at radius 2 is 2.00 bits per heavy atom. The van der Waals surface area contributed by atoms with Crippen LogP contribution in [0.2, 0.25) is 0 Å². The van der Waals surface area contributed by atoms with Crippen LogP contribution in [0.4, 0.5) is 4.39 Å². The summed E-state index contributed by atoms with van der Waals surface area (Å²) in [7, 11) is 0. The van der Waals surface area contributed by atoms with Crippen LogP contribution in [-0.4, -0.2) is 31.5 Å². The van der Waals surface area contributed by atoms with E-state index in [4.69, 9.17) is 9.47 Å². The Balaban J connectivity index is 1.65. The lowest BCUT2D eigenvalue weighted by molar-refractivity contribution is -0.146. The monoisotopic (exact) mass is 363 g/mol. The number of rotatable bonds is 7. The summed E-state index contributed by atoms with van der Waals surface area (Å²) in [4.78, 5) is 13.9. The topological polar surface area (TPSA) is 47.6 Å². The van der Waals surface area contributed by atoms with E-state index < -0.39 is 5.79 Å². The number of carbonyl (C=O) groups excluding carboxylic acids is 1. The van der Waals surface area contributed by atoms with Crippen LogP contribution < -0.4 is 5.32 Å². The lowest BCUT2D eigenvalue weighted by atomic mass is 9.94. The molecule has 0 radical (unpaired) electrons. The fraction of sp³-hybridized carbons (Fsp3) is 0.421. The normalized spacial score (nSPS) is 17.4. The van der Waals surface area contributed by atoms with Crippen LogP contribution in [0, 0.1) is 5.82 Å². The van der Waals surface area contributed by atoms with E-state index in [-0.39, 0.29) is 17.6 Å². The molecule has 0 spiro atoms. The molecule has 6 heteroatoms. The first-order valence-corrected chi connectivity index (χ1v) is 9.27. The SMILES string of the molecule is CC1(CCNC(=O)C(Cc2cccs2)c2ccc(F)cc2)OCCO1. The summed E-state index contributed by atoms with van der Waals surface area (Å²) in [6.07, 6.45) is 1.19. The van der Waals surface area contributed by atoms with Gasteiger partial charge in [0.25, 0.3) is 0 Å². The van der Waals surface area contributed by atoms with E-state index in [1.165, 1.54) is 12.1 Å². The minimum atomic E-state index is -0.619. The van der Waals surface area contributed by atoms with E-state index in [2.05, 4.69) is 5.32 Å². The van der Waals surface area contributed by atoms with Crippen molar-refractivity contribution in [3.05, 3.63) is 58.0 Å². The predicted octanol–water partition coefficient (Wildman–Crippen LogP) is 3.48. The lowest BCUT2D eigenvalue weighted by Crippen LogP contribution is -2.36. The molecule has 1 amide bonds. The van der Waals surface area contributed by atoms with Crippen LogP contribution in [0.3, 0.4) is 0 Å². The number of carbonyl (C=O) groups is 1. The van der Waals surface area contributed by atoms with E-state index in [0.29, 0.717) is 32.6 Å². The van der Waals surface area contributed by atoms with Gasteiger partial charge in [0.2, 0.25) is 5.91 Å². The van der Waals surface area contributed by atoms with Gasteiger partial charge in [-0.3, -0.25) is 4.79 Å². The van der Waals surface area contributed by atoms with Gasteiger partial charge in [0, 0.05) is 17.8 Å². The molecule has 1 N–H and O–H groups in total. The van der Waals surface area contributed by atoms with Gasteiger partial charge in [-0.05, 0) is 42.5 Å². The molecule has 4 nitrogen and oxygen atoms in total. The number of ether oxygens (including phenoxy) is 2. The van der Waals surface area contributed by atoms with Crippen LogP contribution in [0.5, 0.6) is 0 Å². The molecule has 1 aromatic heterocycles. The molecule has 1 aliphatic rings. The number of hydrogen-bond acceptors (Lipinski definition) is 4. The Hall–Kier alpha value is -1.76. The second-order valence-electron chi connectivity index (χ2n) is 6.26. The van der Waals surface area contributed by atoms with Crippen molar-refractivity contribution in [1.82, 2.24) is 5.32 Å². The van der Waals surface area contributed by atoms with Crippen LogP contribution in [0.15, 0.2) is 41.8 Å². The van der Waals surface area contributed by atoms with Crippen molar-refractivity contribution in [2.45, 2.75) is 31.5 Å². The average molecular weight is 363 g/mol. The van der Waals surface area contributed by atoms with Crippen LogP contribution in [-0.2, 0) is 20.7 Å². The Morgan fingerprint density at radius 3 is 2.64 bits per heavy atom. The van der Waals surface area contributed by atoms with Gasteiger partial charge in [0.1, 0.15) is 5.82 Å². The van der Waals surface area contributed by atoms with Crippen molar-refractivity contribution in [1.29, 1.82) is 0 Å². The van der Waals surface area contributed by atoms with E-state index in [0.717, 1.165) is 10.4 Å². The van der Waals surface area contributed by atoms with Gasteiger partial charge in [-0.1, -0.05) is 18.2 Å². The van der Waals surface area contributed by atoms with Crippen molar-refractivity contribution in [3.63, 3.8) is 0 Å². The zero-order valence-electron chi connectivity index (χ0n) is 14.2. The summed E-state index contributed by atoms with van der Waals surface area (Å²) < 4.78 is 24.3. The Labute approximate surface area is 151 Å². The summed E-state index contributed by atoms with van der Waals surface area (Å²) in [6.45, 7) is 3.52. The zero-order chi connectivity index (χ0) is 17.7. The maximum atomic E-state index is 13.2. The van der Waals surface area contributed by atoms with Gasteiger partial charge in [-0.2, -0.15) is 0 Å². The Bertz CT molecular complexity index is 681. The van der Waals surface area contributed by atoms with Gasteiger partial charge in [-0.25, -0.2) is 4.39 Å². The molecule has 2 heterocycles. The highest BCUT2D eigenvalue weighted by atomic mass is 32.1. The van der Waals surface area contributed by atoms with Crippen molar-refractivity contribution in [2.75, 3.05) is 19.8 Å². The number of benzene rings is 1. The van der Waals surface area contributed by atoms with Crippen LogP contribution in [0.25, 0.3) is 0 Å². The van der Waals surface area contributed by atoms with Gasteiger partial charge in [0.15, 0.2) is 5.79 Å². The molecule has 1 unspecified atom stereocenters. The average Bonchev–Trinajstić information content (AvgIpc) is 3.25. The van der Waals surface area contributed by atoms with Gasteiger partial charge >= 0.3 is 0 Å². The molecule has 1 aromatic carbocycles. The van der Waals surface area contributed by atoms with Gasteiger partial charge in [-0.15, -0.1) is 11.3 Å². The second kappa shape index (κ2) is 8.08. The van der Waals surface area contributed by atoms with E-state index in [9.17, 15) is 9.18 Å². The summed E-state index contributed by atoms with van der Waals surface area (Å²) in [5, 5.41) is 4.96. The molecule has 1 atom stereocenters. The molecule has 1 saturated heterocycles. The standard InChI is InChI=1S/C19H22FNO3S/c1-19(23-10-11-24-19)8-9-21-18(22)17(13-16-3-2-12-25-16)14-4-6-15(20)7-5-14/h2-7,12,17H,8-11,13H2,1H3,(H,21,22). The molecular weight excluding hydrogens is 341 g/mol. The molecule has 25 heavy (non-hydrogen) atoms. The third kappa shape index (κ3) is 4.87. The molecule has 3 rings (SSSR count). The van der Waals surface area contributed by atoms with Crippen molar-refractivity contribution in [2.24, 2.45) is 0 Å². The van der Waals surface area contributed by atoms with Crippen molar-refractivity contribution in [3.8, 4) is 0 Å². The fourth-order valence-electron chi connectivity index (χ4n) is 2.92. The smallest absolute Gasteiger partial charge is 0.227 e. The third-order valence-corrected chi connectivity index (χ3v) is 5.25. The lowest BCUT2D eigenvalue weighted by Gasteiger charge is -2.23. The number of hydrogen-bond donors (Lipinski definition) is 1. The van der Waals surface area contributed by atoms with Gasteiger partial charge < -0.3 is 14.8 Å². The van der Waals surface area contributed by atoms with Crippen LogP contribution in [0.1, 0.15) is 29.7 Å². The molecule has 1 fully saturated rings. The van der Waals surface area contributed by atoms with Crippen molar-refractivity contribution >= 4 is 17.2 Å². The zero-order valence-corrected chi connectivity index (χ0v) is 15.0. The molecule has 0 aliphatic carbocycles. The molecule has 134 valence electrons. The Kier molecular flexibility index (Phi) is 5.83. The number of nitrogens with one attached hydrogen (secondary N) is 1. The van der Waals surface area contributed by atoms with E-state index in [1.807, 2.05) is 24.4 Å². The van der Waals surface area contributed by atoms with E-state index in [1.54, 1.807) is 23.5 Å². The molecule has 0 saturated carbocycles. The predicted molar refractivity (Wildman–Crippen MR) is 95.1 cm³/mol. The first-order chi connectivity index (χ1) is 12.1. The minimum absolute atomic E-state index is 0.0680. The maximum Gasteiger partial charge on any atom is 0.227 e. The number of amides is 1. The summed E-state index contributed by atoms with van der Waals surface area (Å²) in [6, 6.07) is 10.1. The summed E-state index contributed by atoms with van der Waals surface area (Å²) >= 11 is 1.62. The summed E-state index contributed by atoms with van der Waals surface area (Å²) in [5.74, 6) is -1.34. The third-order valence-electron chi connectivity index (χ3n) is 4.35. The maximum absolute atomic E-state index is 13.2. The molecule has 2 aromatic rings. The number of thiophene rings is 1. The summed E-state index contributed by atoms with van der Waals surface area (Å²) in [5.41, 5.74) is 0.812. The van der Waals surface area contributed by atoms with E-state index >= 15 is 0 Å². The molecular formula is C19H22FNO3S. The van der Waals surface area contributed by atoms with Crippen molar-refractivity contribution < 1.29 is 18.7 Å². The fourth-order valence-corrected chi connectivity index (χ4v) is 3.68. The highest BCUT2D eigenvalue weighted by molar-refractivity contribution is 7.09. The van der Waals surface area contributed by atoms with Crippen LogP contribution >= 0.6 is 11.3 Å². The largest absolute Gasteiger partial charge is 0.355 e. The first-order valence-electron chi connectivity index (χ1n) is 8.39. The highest BCUT2D eigenvalue weighted by Gasteiger charge is 2.31. The second-order valence-corrected chi connectivity index (χ2v) is 7.29. The molecule has 0 bridgehead atoms. The Morgan fingerprint density at radius 1 is 1.28 bits per heavy atom. The number of halogens is 1. The molecule has 1 aliphatic heterocycles. The van der Waals surface area contributed by atoms with Gasteiger partial charge in [0.05, 0.1) is 19.1 Å². The first kappa shape index (κ1) is 18.0. The quantitative estimate of drug-likeness (QED) is 0.819. The highest BCUT2D eigenvalue weighted by Crippen LogP contribution is 2.25.